The van der Waals surface area contributed by atoms with Crippen molar-refractivity contribution in [2.45, 2.75) is 59.1 Å². The van der Waals surface area contributed by atoms with E-state index >= 15 is 0 Å². The number of amides is 1. The van der Waals surface area contributed by atoms with Gasteiger partial charge in [0.15, 0.2) is 6.10 Å². The van der Waals surface area contributed by atoms with Crippen LogP contribution in [0.15, 0.2) is 10.6 Å². The first-order valence-electron chi connectivity index (χ1n) is 7.83. The third kappa shape index (κ3) is 3.87. The lowest BCUT2D eigenvalue weighted by Gasteiger charge is -2.35. The first kappa shape index (κ1) is 16.5. The summed E-state index contributed by atoms with van der Waals surface area (Å²) in [7, 11) is 0. The summed E-state index contributed by atoms with van der Waals surface area (Å²) in [6, 6.07) is 1.63. The largest absolute Gasteiger partial charge is 0.447 e. The molecule has 1 fully saturated rings. The average molecular weight is 308 g/mol. The Labute approximate surface area is 130 Å². The lowest BCUT2D eigenvalue weighted by atomic mass is 9.78. The fourth-order valence-corrected chi connectivity index (χ4v) is 2.82. The molecular formula is C16H24N2O4. The molecule has 1 amide bonds. The number of hydrogen-bond donors (Lipinski definition) is 1. The first-order valence-corrected chi connectivity index (χ1v) is 7.83. The second kappa shape index (κ2) is 6.94. The molecule has 0 unspecified atom stereocenters. The molecule has 1 aliphatic rings. The summed E-state index contributed by atoms with van der Waals surface area (Å²) < 4.78 is 9.96. The maximum absolute atomic E-state index is 12.2. The van der Waals surface area contributed by atoms with Crippen LogP contribution in [0.4, 0.5) is 0 Å². The lowest BCUT2D eigenvalue weighted by molar-refractivity contribution is -0.130. The van der Waals surface area contributed by atoms with E-state index in [4.69, 9.17) is 9.26 Å². The molecule has 1 aromatic heterocycles. The smallest absolute Gasteiger partial charge is 0.377 e. The van der Waals surface area contributed by atoms with Crippen LogP contribution in [0.25, 0.3) is 0 Å². The molecule has 0 radical (unpaired) electrons. The fraction of sp³-hybridized carbons (Fsp3) is 0.688. The van der Waals surface area contributed by atoms with Crippen molar-refractivity contribution < 1.29 is 18.8 Å². The van der Waals surface area contributed by atoms with Gasteiger partial charge in [-0.3, -0.25) is 4.79 Å². The number of rotatable bonds is 4. The number of esters is 1. The number of ether oxygens (including phenoxy) is 1. The molecule has 0 spiro atoms. The Morgan fingerprint density at radius 1 is 1.41 bits per heavy atom. The number of nitrogens with one attached hydrogen (secondary N) is 1. The third-order valence-corrected chi connectivity index (χ3v) is 4.52. The predicted octanol–water partition coefficient (Wildman–Crippen LogP) is 2.47. The van der Waals surface area contributed by atoms with Gasteiger partial charge < -0.3 is 14.6 Å². The van der Waals surface area contributed by atoms with Crippen LogP contribution in [0.3, 0.4) is 0 Å². The quantitative estimate of drug-likeness (QED) is 0.864. The van der Waals surface area contributed by atoms with Gasteiger partial charge >= 0.3 is 5.97 Å². The Bertz CT molecular complexity index is 540. The van der Waals surface area contributed by atoms with Crippen molar-refractivity contribution in [3.8, 4) is 0 Å². The molecule has 122 valence electrons. The topological polar surface area (TPSA) is 81.4 Å². The molecule has 4 atom stereocenters. The molecule has 1 N–H and O–H groups in total. The molecule has 0 aromatic carbocycles. The van der Waals surface area contributed by atoms with Gasteiger partial charge in [0.05, 0.1) is 5.69 Å². The zero-order valence-corrected chi connectivity index (χ0v) is 13.6. The Balaban J connectivity index is 1.88. The highest BCUT2D eigenvalue weighted by atomic mass is 16.6. The van der Waals surface area contributed by atoms with Crippen molar-refractivity contribution in [2.24, 2.45) is 11.8 Å². The maximum atomic E-state index is 12.2. The van der Waals surface area contributed by atoms with E-state index in [1.165, 1.54) is 12.5 Å². The highest BCUT2D eigenvalue weighted by Crippen LogP contribution is 2.29. The molecule has 22 heavy (non-hydrogen) atoms. The Morgan fingerprint density at radius 3 is 2.77 bits per heavy atom. The summed E-state index contributed by atoms with van der Waals surface area (Å²) in [5, 5.41) is 6.62. The molecular weight excluding hydrogens is 284 g/mol. The third-order valence-electron chi connectivity index (χ3n) is 4.52. The summed E-state index contributed by atoms with van der Waals surface area (Å²) in [5.74, 6) is 0.0901. The molecule has 6 heteroatoms. The van der Waals surface area contributed by atoms with Crippen molar-refractivity contribution in [2.75, 3.05) is 0 Å². The van der Waals surface area contributed by atoms with Crippen molar-refractivity contribution >= 4 is 11.9 Å². The molecule has 0 bridgehead atoms. The molecule has 0 saturated heterocycles. The molecule has 1 aliphatic carbocycles. The van der Waals surface area contributed by atoms with Gasteiger partial charge in [-0.1, -0.05) is 31.8 Å². The number of nitrogens with zero attached hydrogens (tertiary/aromatic N) is 1. The molecule has 6 nitrogen and oxygen atoms in total. The van der Waals surface area contributed by atoms with E-state index in [0.29, 0.717) is 17.5 Å². The minimum Gasteiger partial charge on any atom is -0.447 e. The normalized spacial score (nSPS) is 26.3. The summed E-state index contributed by atoms with van der Waals surface area (Å²) >= 11 is 0. The minimum absolute atomic E-state index is 0.0109. The molecule has 1 aromatic rings. The Kier molecular flexibility index (Phi) is 5.21. The van der Waals surface area contributed by atoms with E-state index in [1.54, 1.807) is 13.8 Å². The number of aromatic nitrogens is 1. The van der Waals surface area contributed by atoms with Gasteiger partial charge in [0, 0.05) is 12.1 Å². The number of carbonyl (C=O) groups is 2. The van der Waals surface area contributed by atoms with Crippen LogP contribution in [-0.2, 0) is 9.53 Å². The molecule has 1 saturated carbocycles. The Hall–Kier alpha value is -1.85. The van der Waals surface area contributed by atoms with Gasteiger partial charge in [0.25, 0.3) is 5.91 Å². The summed E-state index contributed by atoms with van der Waals surface area (Å²) in [5.41, 5.74) is 0.592. The van der Waals surface area contributed by atoms with Crippen LogP contribution in [0.2, 0.25) is 0 Å². The zero-order valence-electron chi connectivity index (χ0n) is 13.6. The van der Waals surface area contributed by atoms with E-state index in [9.17, 15) is 9.59 Å². The van der Waals surface area contributed by atoms with Gasteiger partial charge in [0.2, 0.25) is 5.76 Å². The second-order valence-electron chi connectivity index (χ2n) is 6.26. The molecule has 0 aliphatic heterocycles. The first-order chi connectivity index (χ1) is 10.4. The highest BCUT2D eigenvalue weighted by molar-refractivity contribution is 5.90. The van der Waals surface area contributed by atoms with E-state index < -0.39 is 12.1 Å². The molecule has 2 rings (SSSR count). The van der Waals surface area contributed by atoms with Crippen molar-refractivity contribution in [1.29, 1.82) is 0 Å². The zero-order chi connectivity index (χ0) is 16.3. The Morgan fingerprint density at radius 2 is 2.14 bits per heavy atom. The summed E-state index contributed by atoms with van der Waals surface area (Å²) in [4.78, 5) is 24.0. The number of carbonyl (C=O) groups excluding carboxylic acids is 2. The van der Waals surface area contributed by atoms with Gasteiger partial charge in [0.1, 0.15) is 0 Å². The second-order valence-corrected chi connectivity index (χ2v) is 6.26. The van der Waals surface area contributed by atoms with Gasteiger partial charge in [-0.05, 0) is 32.1 Å². The van der Waals surface area contributed by atoms with Crippen LogP contribution >= 0.6 is 0 Å². The number of aryl methyl sites for hydroxylation is 1. The lowest BCUT2D eigenvalue weighted by Crippen LogP contribution is -2.47. The van der Waals surface area contributed by atoms with Crippen molar-refractivity contribution in [1.82, 2.24) is 10.5 Å². The van der Waals surface area contributed by atoms with Crippen molar-refractivity contribution in [3.63, 3.8) is 0 Å². The summed E-state index contributed by atoms with van der Waals surface area (Å²) in [6.45, 7) is 7.64. The van der Waals surface area contributed by atoms with Crippen molar-refractivity contribution in [3.05, 3.63) is 17.5 Å². The van der Waals surface area contributed by atoms with Crippen LogP contribution in [0.1, 0.15) is 56.3 Å². The van der Waals surface area contributed by atoms with E-state index in [0.717, 1.165) is 12.8 Å². The highest BCUT2D eigenvalue weighted by Gasteiger charge is 2.30. The minimum atomic E-state index is -0.859. The van der Waals surface area contributed by atoms with Gasteiger partial charge in [-0.15, -0.1) is 0 Å². The predicted molar refractivity (Wildman–Crippen MR) is 80.2 cm³/mol. The van der Waals surface area contributed by atoms with Gasteiger partial charge in [-0.2, -0.15) is 0 Å². The molecule has 1 heterocycles. The van der Waals surface area contributed by atoms with E-state index in [1.807, 2.05) is 0 Å². The maximum Gasteiger partial charge on any atom is 0.377 e. The standard InChI is InChI=1S/C16H24N2O4/c1-9-6-5-7-13(11(9)3)17-15(19)12(4)21-16(20)14-8-10(2)18-22-14/h8-9,11-13H,5-7H2,1-4H3,(H,17,19)/t9-,11-,12-,13-/m0/s1. The average Bonchev–Trinajstić information content (AvgIpc) is 2.90. The van der Waals surface area contributed by atoms with Gasteiger partial charge in [-0.25, -0.2) is 4.79 Å². The van der Waals surface area contributed by atoms with Crippen LogP contribution in [0.5, 0.6) is 0 Å². The van der Waals surface area contributed by atoms with E-state index in [2.05, 4.69) is 24.3 Å². The monoisotopic (exact) mass is 308 g/mol. The number of hydrogen-bond acceptors (Lipinski definition) is 5. The van der Waals surface area contributed by atoms with Crippen LogP contribution in [0, 0.1) is 18.8 Å². The van der Waals surface area contributed by atoms with Crippen LogP contribution in [-0.4, -0.2) is 29.2 Å². The SMILES string of the molecule is Cc1cc(C(=O)O[C@@H](C)C(=O)N[C@H]2CCC[C@H](C)[C@@H]2C)on1. The van der Waals surface area contributed by atoms with Crippen LogP contribution < -0.4 is 5.32 Å². The summed E-state index contributed by atoms with van der Waals surface area (Å²) in [6.07, 6.45) is 2.42. The van der Waals surface area contributed by atoms with E-state index in [-0.39, 0.29) is 17.7 Å². The fourth-order valence-electron chi connectivity index (χ4n) is 2.82.